The fourth-order valence-electron chi connectivity index (χ4n) is 4.46. The number of ketones is 1. The number of aromatic amines is 2. The van der Waals surface area contributed by atoms with Gasteiger partial charge in [-0.1, -0.05) is 0 Å². The zero-order valence-corrected chi connectivity index (χ0v) is 20.4. The van der Waals surface area contributed by atoms with Gasteiger partial charge in [-0.3, -0.25) is 14.4 Å². The van der Waals surface area contributed by atoms with Crippen LogP contribution in [0.2, 0.25) is 0 Å². The van der Waals surface area contributed by atoms with Crippen LogP contribution in [-0.4, -0.2) is 45.9 Å². The highest BCUT2D eigenvalue weighted by molar-refractivity contribution is 7.18. The number of Topliss-reactive ketones (excluding diaryl/α,β-unsaturated/α-hetero) is 1. The smallest absolute Gasteiger partial charge is 0.339 e. The number of H-pyrrole nitrogens is 2. The Balaban J connectivity index is 1.41. The predicted octanol–water partition coefficient (Wildman–Crippen LogP) is 3.34. The number of aromatic nitrogens is 3. The van der Waals surface area contributed by atoms with E-state index in [0.717, 1.165) is 31.2 Å². The van der Waals surface area contributed by atoms with Crippen molar-refractivity contribution in [2.75, 3.05) is 7.11 Å². The highest BCUT2D eigenvalue weighted by atomic mass is 32.1. The molecule has 0 radical (unpaired) electrons. The summed E-state index contributed by atoms with van der Waals surface area (Å²) in [6.07, 6.45) is 3.19. The third-order valence-corrected chi connectivity index (χ3v) is 7.38. The second-order valence-corrected chi connectivity index (χ2v) is 9.60. The van der Waals surface area contributed by atoms with Crippen molar-refractivity contribution in [3.05, 3.63) is 49.1 Å². The third-order valence-electron chi connectivity index (χ3n) is 6.19. The van der Waals surface area contributed by atoms with E-state index < -0.39 is 23.8 Å². The Kier molecular flexibility index (Phi) is 6.70. The minimum absolute atomic E-state index is 0.0344. The van der Waals surface area contributed by atoms with Gasteiger partial charge in [0, 0.05) is 17.0 Å². The number of rotatable bonds is 7. The van der Waals surface area contributed by atoms with Gasteiger partial charge in [-0.25, -0.2) is 9.78 Å². The lowest BCUT2D eigenvalue weighted by Crippen LogP contribution is -2.25. The predicted molar refractivity (Wildman–Crippen MR) is 127 cm³/mol. The molecule has 3 heterocycles. The van der Waals surface area contributed by atoms with Crippen molar-refractivity contribution in [1.29, 1.82) is 0 Å². The molecule has 0 fully saturated rings. The number of ether oxygens (including phenoxy) is 2. The first-order valence-electron chi connectivity index (χ1n) is 11.3. The van der Waals surface area contributed by atoms with E-state index in [1.165, 1.54) is 18.9 Å². The molecule has 0 amide bonds. The van der Waals surface area contributed by atoms with Gasteiger partial charge in [0.15, 0.2) is 6.10 Å². The number of hydrogen-bond donors (Lipinski definition) is 2. The molecule has 9 nitrogen and oxygen atoms in total. The summed E-state index contributed by atoms with van der Waals surface area (Å²) >= 11 is 1.55. The Labute approximate surface area is 199 Å². The average molecular weight is 486 g/mol. The molecule has 10 heteroatoms. The lowest BCUT2D eigenvalue weighted by Gasteiger charge is -2.12. The maximum absolute atomic E-state index is 12.8. The quantitative estimate of drug-likeness (QED) is 0.387. The summed E-state index contributed by atoms with van der Waals surface area (Å²) in [5, 5.41) is 0.674. The molecule has 1 aliphatic rings. The van der Waals surface area contributed by atoms with Crippen LogP contribution in [0.5, 0.6) is 0 Å². The Bertz CT molecular complexity index is 1350. The summed E-state index contributed by atoms with van der Waals surface area (Å²) in [5.74, 6) is -1.14. The maximum Gasteiger partial charge on any atom is 0.339 e. The van der Waals surface area contributed by atoms with E-state index in [-0.39, 0.29) is 24.1 Å². The van der Waals surface area contributed by atoms with Crippen molar-refractivity contribution < 1.29 is 23.9 Å². The van der Waals surface area contributed by atoms with E-state index in [9.17, 15) is 19.2 Å². The molecular formula is C24H27N3O6S. The number of hydrogen-bond acceptors (Lipinski definition) is 8. The highest BCUT2D eigenvalue weighted by Crippen LogP contribution is 2.33. The number of methoxy groups -OCH3 is 1. The van der Waals surface area contributed by atoms with E-state index in [1.54, 1.807) is 25.2 Å². The number of nitrogens with one attached hydrogen (secondary N) is 2. The summed E-state index contributed by atoms with van der Waals surface area (Å²) in [5.41, 5.74) is 2.40. The molecule has 1 atom stereocenters. The summed E-state index contributed by atoms with van der Waals surface area (Å²) < 4.78 is 10.1. The van der Waals surface area contributed by atoms with Gasteiger partial charge in [0.05, 0.1) is 30.2 Å². The number of carbonyl (C=O) groups is 3. The Hall–Kier alpha value is -3.27. The van der Waals surface area contributed by atoms with Crippen LogP contribution in [0.25, 0.3) is 10.2 Å². The molecule has 180 valence electrons. The third kappa shape index (κ3) is 4.42. The molecular weight excluding hydrogens is 458 g/mol. The first-order valence-corrected chi connectivity index (χ1v) is 12.1. The molecule has 3 aromatic heterocycles. The normalized spacial score (nSPS) is 14.0. The van der Waals surface area contributed by atoms with Crippen LogP contribution >= 0.6 is 11.3 Å². The van der Waals surface area contributed by atoms with Crippen molar-refractivity contribution in [3.63, 3.8) is 0 Å². The van der Waals surface area contributed by atoms with Crippen LogP contribution in [-0.2, 0) is 33.5 Å². The second-order valence-electron chi connectivity index (χ2n) is 8.52. The molecule has 0 aliphatic heterocycles. The molecule has 2 N–H and O–H groups in total. The fourth-order valence-corrected chi connectivity index (χ4v) is 5.75. The van der Waals surface area contributed by atoms with Crippen molar-refractivity contribution in [1.82, 2.24) is 15.0 Å². The van der Waals surface area contributed by atoms with E-state index in [1.807, 2.05) is 0 Å². The van der Waals surface area contributed by atoms with Crippen LogP contribution < -0.4 is 5.56 Å². The van der Waals surface area contributed by atoms with Gasteiger partial charge in [0.2, 0.25) is 5.78 Å². The standard InChI is InChI=1S/C24H27N3O6S/c1-11-18(24(31)32-4)12(2)25-20(11)21(29)13(3)33-17(28)10-9-16-26-22(30)19-14-7-5-6-8-15(14)34-23(19)27-16/h13,25H,5-10H2,1-4H3,(H,26,27,30). The zero-order chi connectivity index (χ0) is 24.6. The molecule has 1 aliphatic carbocycles. The average Bonchev–Trinajstić information content (AvgIpc) is 3.33. The number of thiophene rings is 1. The Morgan fingerprint density at radius 3 is 2.62 bits per heavy atom. The van der Waals surface area contributed by atoms with Gasteiger partial charge in [-0.2, -0.15) is 0 Å². The van der Waals surface area contributed by atoms with Gasteiger partial charge in [0.1, 0.15) is 10.7 Å². The van der Waals surface area contributed by atoms with Crippen molar-refractivity contribution in [2.24, 2.45) is 0 Å². The summed E-state index contributed by atoms with van der Waals surface area (Å²) in [4.78, 5) is 62.0. The molecule has 3 aromatic rings. The van der Waals surface area contributed by atoms with Crippen LogP contribution in [0.15, 0.2) is 4.79 Å². The van der Waals surface area contributed by atoms with Crippen molar-refractivity contribution in [2.45, 2.75) is 65.4 Å². The van der Waals surface area contributed by atoms with E-state index in [2.05, 4.69) is 15.0 Å². The number of esters is 2. The minimum atomic E-state index is -1.05. The fraction of sp³-hybridized carbons (Fsp3) is 0.458. The molecule has 4 rings (SSSR count). The molecule has 0 saturated heterocycles. The van der Waals surface area contributed by atoms with Crippen LogP contribution in [0, 0.1) is 13.8 Å². The van der Waals surface area contributed by atoms with E-state index >= 15 is 0 Å². The lowest BCUT2D eigenvalue weighted by atomic mass is 9.97. The van der Waals surface area contributed by atoms with Gasteiger partial charge in [0.25, 0.3) is 5.56 Å². The first kappa shape index (κ1) is 23.9. The van der Waals surface area contributed by atoms with Gasteiger partial charge in [-0.05, 0) is 57.6 Å². The van der Waals surface area contributed by atoms with Crippen LogP contribution in [0.4, 0.5) is 0 Å². The highest BCUT2D eigenvalue weighted by Gasteiger charge is 2.27. The number of nitrogens with zero attached hydrogens (tertiary/aromatic N) is 1. The minimum Gasteiger partial charge on any atom is -0.465 e. The Morgan fingerprint density at radius 1 is 1.15 bits per heavy atom. The van der Waals surface area contributed by atoms with E-state index in [0.29, 0.717) is 32.9 Å². The van der Waals surface area contributed by atoms with Crippen LogP contribution in [0.3, 0.4) is 0 Å². The molecule has 0 saturated carbocycles. The second kappa shape index (κ2) is 9.54. The van der Waals surface area contributed by atoms with Crippen molar-refractivity contribution >= 4 is 39.3 Å². The molecule has 1 unspecified atom stereocenters. The first-order chi connectivity index (χ1) is 16.2. The van der Waals surface area contributed by atoms with Gasteiger partial charge < -0.3 is 19.4 Å². The summed E-state index contributed by atoms with van der Waals surface area (Å²) in [6.45, 7) is 4.79. The zero-order valence-electron chi connectivity index (χ0n) is 19.6. The summed E-state index contributed by atoms with van der Waals surface area (Å²) in [7, 11) is 1.27. The molecule has 0 bridgehead atoms. The van der Waals surface area contributed by atoms with Crippen LogP contribution in [0.1, 0.15) is 74.6 Å². The number of fused-ring (bicyclic) bond motifs is 3. The largest absolute Gasteiger partial charge is 0.465 e. The SMILES string of the molecule is COC(=O)c1c(C)[nH]c(C(=O)C(C)OC(=O)CCc2nc3sc4c(c3c(=O)[nH]2)CCCC4)c1C. The van der Waals surface area contributed by atoms with Gasteiger partial charge in [-0.15, -0.1) is 11.3 Å². The molecule has 0 aromatic carbocycles. The molecule has 0 spiro atoms. The summed E-state index contributed by atoms with van der Waals surface area (Å²) in [6, 6.07) is 0. The van der Waals surface area contributed by atoms with Gasteiger partial charge >= 0.3 is 11.9 Å². The monoisotopic (exact) mass is 485 g/mol. The maximum atomic E-state index is 12.8. The number of aryl methyl sites for hydroxylation is 4. The lowest BCUT2D eigenvalue weighted by molar-refractivity contribution is -0.146. The number of carbonyl (C=O) groups excluding carboxylic acids is 3. The topological polar surface area (TPSA) is 131 Å². The van der Waals surface area contributed by atoms with E-state index in [4.69, 9.17) is 9.47 Å². The van der Waals surface area contributed by atoms with Crippen molar-refractivity contribution in [3.8, 4) is 0 Å². The molecule has 34 heavy (non-hydrogen) atoms. The Morgan fingerprint density at radius 2 is 1.88 bits per heavy atom.